The molecule has 0 aliphatic heterocycles. The van der Waals surface area contributed by atoms with Gasteiger partial charge in [-0.3, -0.25) is 4.79 Å². The zero-order valence-corrected chi connectivity index (χ0v) is 15.6. The first-order valence-electron chi connectivity index (χ1n) is 9.31. The van der Waals surface area contributed by atoms with E-state index in [1.807, 2.05) is 44.2 Å². The van der Waals surface area contributed by atoms with Crippen LogP contribution in [0.4, 0.5) is 0 Å². The fourth-order valence-electron chi connectivity index (χ4n) is 3.28. The highest BCUT2D eigenvalue weighted by molar-refractivity contribution is 5.84. The minimum atomic E-state index is -1.72. The Morgan fingerprint density at radius 3 is 2.46 bits per heavy atom. The highest BCUT2D eigenvalue weighted by Crippen LogP contribution is 2.35. The molecule has 6 heteroatoms. The summed E-state index contributed by atoms with van der Waals surface area (Å²) in [5.74, 6) is -1.31. The number of nitrogens with two attached hydrogens (primary N) is 1. The molecule has 2 rings (SSSR count). The number of hydrogen-bond acceptors (Lipinski definition) is 5. The number of benzene rings is 1. The molecule has 0 aromatic heterocycles. The number of aliphatic hydroxyl groups is 1. The van der Waals surface area contributed by atoms with E-state index in [0.717, 1.165) is 31.2 Å². The minimum absolute atomic E-state index is 0.0281. The van der Waals surface area contributed by atoms with Gasteiger partial charge in [0.25, 0.3) is 0 Å². The Morgan fingerprint density at radius 2 is 1.88 bits per heavy atom. The van der Waals surface area contributed by atoms with Crippen molar-refractivity contribution in [3.63, 3.8) is 0 Å². The van der Waals surface area contributed by atoms with E-state index in [1.165, 1.54) is 0 Å². The lowest BCUT2D eigenvalue weighted by atomic mass is 9.85. The van der Waals surface area contributed by atoms with Gasteiger partial charge in [-0.15, -0.1) is 0 Å². The molecule has 1 saturated carbocycles. The monoisotopic (exact) mass is 362 g/mol. The summed E-state index contributed by atoms with van der Waals surface area (Å²) in [7, 11) is 0. The van der Waals surface area contributed by atoms with E-state index < -0.39 is 17.6 Å². The Kier molecular flexibility index (Phi) is 7.17. The molecular formula is C20H30N2O4. The van der Waals surface area contributed by atoms with Crippen molar-refractivity contribution in [2.45, 2.75) is 57.8 Å². The van der Waals surface area contributed by atoms with Crippen LogP contribution in [0.1, 0.15) is 45.1 Å². The molecule has 0 bridgehead atoms. The van der Waals surface area contributed by atoms with Gasteiger partial charge in [-0.1, -0.05) is 57.0 Å². The summed E-state index contributed by atoms with van der Waals surface area (Å²) in [6.07, 6.45) is 3.39. The van der Waals surface area contributed by atoms with Crippen molar-refractivity contribution in [3.05, 3.63) is 35.9 Å². The number of rotatable bonds is 8. The van der Waals surface area contributed by atoms with Gasteiger partial charge in [0, 0.05) is 5.92 Å². The summed E-state index contributed by atoms with van der Waals surface area (Å²) in [6.45, 7) is 3.61. The van der Waals surface area contributed by atoms with Crippen LogP contribution in [0.25, 0.3) is 0 Å². The van der Waals surface area contributed by atoms with Gasteiger partial charge in [-0.25, -0.2) is 4.79 Å². The number of carbonyl (C=O) groups is 2. The number of hydrogen-bond donors (Lipinski definition) is 3. The third-order valence-corrected chi connectivity index (χ3v) is 5.15. The second kappa shape index (κ2) is 9.14. The number of amides is 1. The molecule has 0 saturated heterocycles. The second-order valence-electron chi connectivity index (χ2n) is 7.45. The van der Waals surface area contributed by atoms with Gasteiger partial charge >= 0.3 is 5.97 Å². The maximum atomic E-state index is 12.7. The highest BCUT2D eigenvalue weighted by Gasteiger charge is 2.46. The van der Waals surface area contributed by atoms with Crippen molar-refractivity contribution in [2.75, 3.05) is 6.54 Å². The normalized spacial score (nSPS) is 18.3. The number of nitrogens with one attached hydrogen (secondary N) is 1. The van der Waals surface area contributed by atoms with Crippen molar-refractivity contribution in [1.82, 2.24) is 5.32 Å². The maximum absolute atomic E-state index is 12.7. The van der Waals surface area contributed by atoms with Crippen molar-refractivity contribution in [2.24, 2.45) is 17.6 Å². The minimum Gasteiger partial charge on any atom is -0.459 e. The molecular weight excluding hydrogens is 332 g/mol. The van der Waals surface area contributed by atoms with Crippen LogP contribution in [-0.2, 0) is 20.9 Å². The van der Waals surface area contributed by atoms with Gasteiger partial charge in [-0.2, -0.15) is 0 Å². The van der Waals surface area contributed by atoms with Crippen molar-refractivity contribution >= 4 is 11.9 Å². The first-order chi connectivity index (χ1) is 12.3. The zero-order valence-electron chi connectivity index (χ0n) is 15.6. The topological polar surface area (TPSA) is 102 Å². The average molecular weight is 362 g/mol. The van der Waals surface area contributed by atoms with Crippen LogP contribution in [0.2, 0.25) is 0 Å². The summed E-state index contributed by atoms with van der Waals surface area (Å²) in [6, 6.07) is 8.63. The number of ether oxygens (including phenoxy) is 1. The van der Waals surface area contributed by atoms with E-state index in [-0.39, 0.29) is 30.9 Å². The molecule has 1 unspecified atom stereocenters. The second-order valence-corrected chi connectivity index (χ2v) is 7.45. The molecule has 1 amide bonds. The number of carbonyl (C=O) groups excluding carboxylic acids is 2. The highest BCUT2D eigenvalue weighted by atomic mass is 16.5. The van der Waals surface area contributed by atoms with Crippen molar-refractivity contribution in [3.8, 4) is 0 Å². The fourth-order valence-corrected chi connectivity index (χ4v) is 3.28. The van der Waals surface area contributed by atoms with Crippen LogP contribution in [0.15, 0.2) is 30.3 Å². The van der Waals surface area contributed by atoms with Gasteiger partial charge in [0.05, 0.1) is 12.6 Å². The zero-order chi connectivity index (χ0) is 19.2. The first-order valence-corrected chi connectivity index (χ1v) is 9.31. The van der Waals surface area contributed by atoms with E-state index in [1.54, 1.807) is 0 Å². The van der Waals surface area contributed by atoms with Crippen LogP contribution < -0.4 is 11.1 Å². The molecule has 1 aromatic carbocycles. The predicted molar refractivity (Wildman–Crippen MR) is 99.0 cm³/mol. The smallest absolute Gasteiger partial charge is 0.340 e. The van der Waals surface area contributed by atoms with Crippen LogP contribution in [0, 0.1) is 11.8 Å². The molecule has 2 atom stereocenters. The Bertz CT molecular complexity index is 599. The van der Waals surface area contributed by atoms with Gasteiger partial charge in [0.15, 0.2) is 5.60 Å². The van der Waals surface area contributed by atoms with Crippen LogP contribution in [0.3, 0.4) is 0 Å². The molecule has 0 radical (unpaired) electrons. The predicted octanol–water partition coefficient (Wildman–Crippen LogP) is 1.75. The molecule has 26 heavy (non-hydrogen) atoms. The van der Waals surface area contributed by atoms with Gasteiger partial charge in [0.1, 0.15) is 6.61 Å². The maximum Gasteiger partial charge on any atom is 0.340 e. The SMILES string of the molecule is CC(C)[C@H](N)C(=O)NCC(O)(C(=O)OCc1ccccc1)C1CCCC1. The Morgan fingerprint density at radius 1 is 1.27 bits per heavy atom. The summed E-state index contributed by atoms with van der Waals surface area (Å²) >= 11 is 0. The lowest BCUT2D eigenvalue weighted by Crippen LogP contribution is -2.56. The summed E-state index contributed by atoms with van der Waals surface area (Å²) in [4.78, 5) is 24.8. The van der Waals surface area contributed by atoms with Crippen LogP contribution in [0.5, 0.6) is 0 Å². The summed E-state index contributed by atoms with van der Waals surface area (Å²) in [5, 5.41) is 13.7. The standard InChI is InChI=1S/C20H30N2O4/c1-14(2)17(21)18(23)22-13-20(25,16-10-6-7-11-16)19(24)26-12-15-8-4-3-5-9-15/h3-5,8-9,14,16-17,25H,6-7,10-13,21H2,1-2H3,(H,22,23)/t17-,20?/m0/s1. The number of esters is 1. The van der Waals surface area contributed by atoms with Crippen molar-refractivity contribution in [1.29, 1.82) is 0 Å². The largest absolute Gasteiger partial charge is 0.459 e. The third-order valence-electron chi connectivity index (χ3n) is 5.15. The Hall–Kier alpha value is -1.92. The first kappa shape index (κ1) is 20.4. The fraction of sp³-hybridized carbons (Fsp3) is 0.600. The van der Waals surface area contributed by atoms with Gasteiger partial charge < -0.3 is 20.9 Å². The Labute approximate surface area is 155 Å². The molecule has 1 aliphatic rings. The molecule has 144 valence electrons. The molecule has 0 spiro atoms. The van der Waals surface area contributed by atoms with Gasteiger partial charge in [-0.05, 0) is 24.3 Å². The molecule has 6 nitrogen and oxygen atoms in total. The average Bonchev–Trinajstić information content (AvgIpc) is 3.19. The quantitative estimate of drug-likeness (QED) is 0.612. The molecule has 1 aromatic rings. The van der Waals surface area contributed by atoms with E-state index in [2.05, 4.69) is 5.32 Å². The Balaban J connectivity index is 2.03. The van der Waals surface area contributed by atoms with E-state index in [9.17, 15) is 14.7 Å². The lowest BCUT2D eigenvalue weighted by molar-refractivity contribution is -0.173. The molecule has 4 N–H and O–H groups in total. The molecule has 0 heterocycles. The molecule has 1 aliphatic carbocycles. The van der Waals surface area contributed by atoms with Gasteiger partial charge in [0.2, 0.25) is 5.91 Å². The molecule has 1 fully saturated rings. The summed E-state index contributed by atoms with van der Waals surface area (Å²) < 4.78 is 5.37. The summed E-state index contributed by atoms with van der Waals surface area (Å²) in [5.41, 5.74) is 4.97. The van der Waals surface area contributed by atoms with Crippen LogP contribution >= 0.6 is 0 Å². The van der Waals surface area contributed by atoms with E-state index in [0.29, 0.717) is 0 Å². The third kappa shape index (κ3) is 5.05. The van der Waals surface area contributed by atoms with Crippen LogP contribution in [-0.4, -0.2) is 35.2 Å². The van der Waals surface area contributed by atoms with E-state index >= 15 is 0 Å². The van der Waals surface area contributed by atoms with E-state index in [4.69, 9.17) is 10.5 Å². The van der Waals surface area contributed by atoms with Crippen molar-refractivity contribution < 1.29 is 19.4 Å². The lowest BCUT2D eigenvalue weighted by Gasteiger charge is -2.32.